The predicted molar refractivity (Wildman–Crippen MR) is 66.9 cm³/mol. The number of benzene rings is 1. The van der Waals surface area contributed by atoms with Crippen LogP contribution in [0, 0.1) is 0 Å². The molecule has 1 aliphatic rings. The zero-order chi connectivity index (χ0) is 19.2. The second kappa shape index (κ2) is 6.22. The topological polar surface area (TPSA) is 93.1 Å². The van der Waals surface area contributed by atoms with Gasteiger partial charge in [-0.15, -0.1) is 0 Å². The van der Waals surface area contributed by atoms with Gasteiger partial charge in [-0.25, -0.2) is 9.59 Å². The summed E-state index contributed by atoms with van der Waals surface area (Å²) in [7, 11) is -2.02. The van der Waals surface area contributed by atoms with Crippen molar-refractivity contribution in [2.24, 2.45) is 0 Å². The van der Waals surface area contributed by atoms with E-state index in [4.69, 9.17) is 10.2 Å². The molecule has 0 aliphatic carbocycles. The van der Waals surface area contributed by atoms with Crippen molar-refractivity contribution in [3.63, 3.8) is 0 Å². The number of carboxylic acids is 2. The highest BCUT2D eigenvalue weighted by Gasteiger charge is 2.49. The number of hydrogen-bond acceptors (Lipinski definition) is 4. The summed E-state index contributed by atoms with van der Waals surface area (Å²) in [5.74, 6) is -3.59. The normalized spacial score (nSPS) is 21.4. The first-order valence-electron chi connectivity index (χ1n) is 6.36. The van der Waals surface area contributed by atoms with Gasteiger partial charge in [0.1, 0.15) is 0 Å². The van der Waals surface area contributed by atoms with E-state index in [9.17, 15) is 35.9 Å². The van der Waals surface area contributed by atoms with Crippen molar-refractivity contribution in [2.45, 2.75) is 24.6 Å². The van der Waals surface area contributed by atoms with Gasteiger partial charge in [-0.1, -0.05) is 12.1 Å². The minimum atomic E-state index is -5.13. The van der Waals surface area contributed by atoms with E-state index in [0.717, 1.165) is 0 Å². The predicted octanol–water partition coefficient (Wildman–Crippen LogP) is 1.37. The minimum Gasteiger partial charge on any atom is -0.479 e. The molecule has 2 atom stereocenters. The lowest BCUT2D eigenvalue weighted by Crippen LogP contribution is -2.36. The van der Waals surface area contributed by atoms with Crippen LogP contribution in [-0.4, -0.2) is 41.5 Å². The lowest BCUT2D eigenvalue weighted by molar-refractivity contribution is -0.156. The van der Waals surface area contributed by atoms with E-state index < -0.39 is 60.2 Å². The summed E-state index contributed by atoms with van der Waals surface area (Å²) in [6.07, 6.45) is -14.4. The largest absolute Gasteiger partial charge is 0.495 e. The van der Waals surface area contributed by atoms with Crippen molar-refractivity contribution in [3.8, 4) is 0 Å². The maximum atomic E-state index is 12.8. The molecular weight excluding hydrogens is 365 g/mol. The molecule has 0 amide bonds. The molecule has 1 saturated heterocycles. The van der Waals surface area contributed by atoms with Crippen molar-refractivity contribution in [2.75, 3.05) is 0 Å². The summed E-state index contributed by atoms with van der Waals surface area (Å²) in [4.78, 5) is 21.8. The van der Waals surface area contributed by atoms with E-state index in [1.807, 2.05) is 0 Å². The highest BCUT2D eigenvalue weighted by atomic mass is 19.4. The number of rotatable bonds is 3. The number of aliphatic carboxylic acids is 2. The second-order valence-electron chi connectivity index (χ2n) is 4.96. The summed E-state index contributed by atoms with van der Waals surface area (Å²) < 4.78 is 86.1. The highest BCUT2D eigenvalue weighted by Crippen LogP contribution is 2.35. The Balaban J connectivity index is 2.48. The van der Waals surface area contributed by atoms with Crippen molar-refractivity contribution in [1.29, 1.82) is 0 Å². The van der Waals surface area contributed by atoms with Crippen LogP contribution in [0.4, 0.5) is 26.3 Å². The molecule has 6 nitrogen and oxygen atoms in total. The third-order valence-corrected chi connectivity index (χ3v) is 3.18. The Morgan fingerprint density at radius 3 is 1.48 bits per heavy atom. The Morgan fingerprint density at radius 1 is 0.840 bits per heavy atom. The minimum absolute atomic E-state index is 0.137. The Labute approximate surface area is 135 Å². The monoisotopic (exact) mass is 372 g/mol. The van der Waals surface area contributed by atoms with E-state index in [2.05, 4.69) is 9.31 Å². The summed E-state index contributed by atoms with van der Waals surface area (Å²) >= 11 is 0. The third kappa shape index (κ3) is 4.04. The molecule has 1 aliphatic heterocycles. The Bertz CT molecular complexity index is 648. The molecule has 136 valence electrons. The summed E-state index contributed by atoms with van der Waals surface area (Å²) in [5, 5.41) is 17.7. The van der Waals surface area contributed by atoms with E-state index in [1.54, 1.807) is 0 Å². The Morgan fingerprint density at radius 2 is 1.20 bits per heavy atom. The molecule has 0 aromatic heterocycles. The summed E-state index contributed by atoms with van der Waals surface area (Å²) in [6, 6.07) is 0.397. The fourth-order valence-electron chi connectivity index (χ4n) is 2.09. The molecule has 0 spiro atoms. The number of hydrogen-bond donors (Lipinski definition) is 2. The first-order chi connectivity index (χ1) is 11.3. The molecule has 1 aromatic rings. The Hall–Kier alpha value is -2.28. The van der Waals surface area contributed by atoms with Gasteiger partial charge in [-0.2, -0.15) is 26.3 Å². The van der Waals surface area contributed by atoms with Gasteiger partial charge in [0.15, 0.2) is 12.2 Å². The van der Waals surface area contributed by atoms with Crippen molar-refractivity contribution >= 4 is 24.5 Å². The molecule has 1 heterocycles. The maximum Gasteiger partial charge on any atom is 0.495 e. The van der Waals surface area contributed by atoms with Crippen LogP contribution in [0.1, 0.15) is 11.1 Å². The standard InChI is InChI=1S/C12H7BF6O6/c14-11(15,16)4-1-5(12(17,18)19)3-6(2-4)13-24-7(9(20)21)8(25-13)10(22)23/h1-3,7-8H,(H,20,21)(H,22,23)/t7-,8-/m1/s1. The van der Waals surface area contributed by atoms with Crippen LogP contribution in [0.15, 0.2) is 18.2 Å². The molecule has 25 heavy (non-hydrogen) atoms. The third-order valence-electron chi connectivity index (χ3n) is 3.18. The fourth-order valence-corrected chi connectivity index (χ4v) is 2.09. The number of carbonyl (C=O) groups is 2. The van der Waals surface area contributed by atoms with Gasteiger partial charge in [-0.3, -0.25) is 0 Å². The van der Waals surface area contributed by atoms with E-state index in [1.165, 1.54) is 0 Å². The lowest BCUT2D eigenvalue weighted by atomic mass is 9.77. The van der Waals surface area contributed by atoms with Crippen LogP contribution in [0.25, 0.3) is 0 Å². The molecule has 0 radical (unpaired) electrons. The van der Waals surface area contributed by atoms with Gasteiger partial charge in [0.05, 0.1) is 11.1 Å². The maximum absolute atomic E-state index is 12.8. The van der Waals surface area contributed by atoms with Crippen LogP contribution in [0.5, 0.6) is 0 Å². The fraction of sp³-hybridized carbons (Fsp3) is 0.333. The first kappa shape index (κ1) is 19.1. The average molecular weight is 372 g/mol. The lowest BCUT2D eigenvalue weighted by Gasteiger charge is -2.15. The molecule has 1 fully saturated rings. The van der Waals surface area contributed by atoms with Crippen LogP contribution < -0.4 is 5.46 Å². The zero-order valence-electron chi connectivity index (χ0n) is 11.8. The van der Waals surface area contributed by atoms with Gasteiger partial charge in [0, 0.05) is 0 Å². The molecule has 2 N–H and O–H groups in total. The molecule has 2 rings (SSSR count). The van der Waals surface area contributed by atoms with E-state index in [-0.39, 0.29) is 18.2 Å². The molecule has 1 aromatic carbocycles. The van der Waals surface area contributed by atoms with Gasteiger partial charge in [-0.05, 0) is 11.5 Å². The number of alkyl halides is 6. The SMILES string of the molecule is O=C(O)[C@@H]1OB(c2cc(C(F)(F)F)cc(C(F)(F)F)c2)O[C@H]1C(=O)O. The smallest absolute Gasteiger partial charge is 0.479 e. The summed E-state index contributed by atoms with van der Waals surface area (Å²) in [5.41, 5.74) is -4.15. The highest BCUT2D eigenvalue weighted by molar-refractivity contribution is 6.62. The van der Waals surface area contributed by atoms with Crippen molar-refractivity contribution < 1.29 is 55.5 Å². The van der Waals surface area contributed by atoms with Gasteiger partial charge in [0.25, 0.3) is 0 Å². The van der Waals surface area contributed by atoms with Gasteiger partial charge in [0.2, 0.25) is 0 Å². The van der Waals surface area contributed by atoms with Gasteiger partial charge >= 0.3 is 31.4 Å². The van der Waals surface area contributed by atoms with Crippen molar-refractivity contribution in [3.05, 3.63) is 29.3 Å². The molecule has 0 unspecified atom stereocenters. The second-order valence-corrected chi connectivity index (χ2v) is 4.96. The number of halogens is 6. The van der Waals surface area contributed by atoms with Crippen LogP contribution >= 0.6 is 0 Å². The van der Waals surface area contributed by atoms with Crippen LogP contribution in [0.3, 0.4) is 0 Å². The first-order valence-corrected chi connectivity index (χ1v) is 6.36. The van der Waals surface area contributed by atoms with E-state index in [0.29, 0.717) is 0 Å². The van der Waals surface area contributed by atoms with E-state index >= 15 is 0 Å². The van der Waals surface area contributed by atoms with Crippen LogP contribution in [0.2, 0.25) is 0 Å². The zero-order valence-corrected chi connectivity index (χ0v) is 11.8. The molecular formula is C12H7BF6O6. The Kier molecular flexibility index (Phi) is 4.74. The average Bonchev–Trinajstić information content (AvgIpc) is 2.90. The summed E-state index contributed by atoms with van der Waals surface area (Å²) in [6.45, 7) is 0. The van der Waals surface area contributed by atoms with Crippen molar-refractivity contribution in [1.82, 2.24) is 0 Å². The molecule has 13 heteroatoms. The quantitative estimate of drug-likeness (QED) is 0.615. The molecule has 0 saturated carbocycles. The van der Waals surface area contributed by atoms with Gasteiger partial charge < -0.3 is 19.5 Å². The molecule has 0 bridgehead atoms. The van der Waals surface area contributed by atoms with Crippen LogP contribution in [-0.2, 0) is 31.3 Å². The number of carboxylic acid groups (broad SMARTS) is 2.